The van der Waals surface area contributed by atoms with Gasteiger partial charge in [0.15, 0.2) is 5.78 Å². The fourth-order valence-electron chi connectivity index (χ4n) is 1.81. The van der Waals surface area contributed by atoms with E-state index in [1.807, 2.05) is 30.3 Å². The third-order valence-corrected chi connectivity index (χ3v) is 3.83. The van der Waals surface area contributed by atoms with E-state index in [1.54, 1.807) is 6.92 Å². The van der Waals surface area contributed by atoms with Gasteiger partial charge in [0.25, 0.3) is 0 Å². The molecule has 0 amide bonds. The third-order valence-electron chi connectivity index (χ3n) is 2.65. The van der Waals surface area contributed by atoms with Crippen LogP contribution in [-0.4, -0.2) is 10.8 Å². The molecule has 0 fully saturated rings. The summed E-state index contributed by atoms with van der Waals surface area (Å²) >= 11 is 1.44. The van der Waals surface area contributed by atoms with E-state index in [0.29, 0.717) is 6.61 Å². The van der Waals surface area contributed by atoms with Gasteiger partial charge in [0.2, 0.25) is 0 Å². The summed E-state index contributed by atoms with van der Waals surface area (Å²) in [4.78, 5) is 16.8. The van der Waals surface area contributed by atoms with Crippen LogP contribution in [0.25, 0.3) is 0 Å². The van der Waals surface area contributed by atoms with Gasteiger partial charge in [-0.3, -0.25) is 4.79 Å². The molecular formula is C15H17NO2S. The number of benzene rings is 1. The lowest BCUT2D eigenvalue weighted by molar-refractivity contribution is 0.102. The first-order valence-electron chi connectivity index (χ1n) is 6.38. The average Bonchev–Trinajstić information content (AvgIpc) is 2.81. The Bertz CT molecular complexity index is 549. The molecule has 0 atom stereocenters. The molecule has 0 aliphatic rings. The number of carbonyl (C=O) groups is 1. The predicted molar refractivity (Wildman–Crippen MR) is 76.9 cm³/mol. The van der Waals surface area contributed by atoms with E-state index in [1.165, 1.54) is 11.3 Å². The predicted octanol–water partition coefficient (Wildman–Crippen LogP) is 3.88. The highest BCUT2D eigenvalue weighted by molar-refractivity contribution is 7.13. The van der Waals surface area contributed by atoms with Gasteiger partial charge < -0.3 is 4.74 Å². The van der Waals surface area contributed by atoms with Gasteiger partial charge >= 0.3 is 0 Å². The molecule has 2 aromatic rings. The van der Waals surface area contributed by atoms with Gasteiger partial charge in [-0.1, -0.05) is 31.5 Å². The molecule has 0 N–H and O–H groups in total. The van der Waals surface area contributed by atoms with E-state index in [2.05, 4.69) is 11.9 Å². The maximum atomic E-state index is 11.6. The standard InChI is InChI=1S/C15H17NO2S/c1-3-7-13-15(11(2)17)19-14(16-13)10-18-12-8-5-4-6-9-12/h4-6,8-9H,3,7,10H2,1-2H3. The van der Waals surface area contributed by atoms with Crippen LogP contribution in [-0.2, 0) is 13.0 Å². The molecule has 2 rings (SSSR count). The molecule has 19 heavy (non-hydrogen) atoms. The fraction of sp³-hybridized carbons (Fsp3) is 0.333. The number of ketones is 1. The number of hydrogen-bond donors (Lipinski definition) is 0. The first kappa shape index (κ1) is 13.7. The summed E-state index contributed by atoms with van der Waals surface area (Å²) < 4.78 is 5.65. The van der Waals surface area contributed by atoms with E-state index in [0.717, 1.165) is 34.2 Å². The highest BCUT2D eigenvalue weighted by atomic mass is 32.1. The van der Waals surface area contributed by atoms with Crippen LogP contribution in [0.2, 0.25) is 0 Å². The molecule has 0 radical (unpaired) electrons. The minimum absolute atomic E-state index is 0.0897. The lowest BCUT2D eigenvalue weighted by Gasteiger charge is -2.02. The second kappa shape index (κ2) is 6.48. The fourth-order valence-corrected chi connectivity index (χ4v) is 2.72. The Kier molecular flexibility index (Phi) is 4.68. The summed E-state index contributed by atoms with van der Waals surface area (Å²) in [7, 11) is 0. The molecule has 0 bridgehead atoms. The molecule has 0 spiro atoms. The zero-order valence-corrected chi connectivity index (χ0v) is 12.0. The number of para-hydroxylation sites is 1. The molecule has 4 heteroatoms. The Morgan fingerprint density at radius 1 is 1.32 bits per heavy atom. The van der Waals surface area contributed by atoms with E-state index in [-0.39, 0.29) is 5.78 Å². The van der Waals surface area contributed by atoms with Crippen LogP contribution in [0.5, 0.6) is 5.75 Å². The van der Waals surface area contributed by atoms with Gasteiger partial charge in [-0.05, 0) is 18.6 Å². The summed E-state index contributed by atoms with van der Waals surface area (Å²) in [5.41, 5.74) is 0.909. The lowest BCUT2D eigenvalue weighted by Crippen LogP contribution is -1.96. The normalized spacial score (nSPS) is 10.4. The smallest absolute Gasteiger partial charge is 0.171 e. The van der Waals surface area contributed by atoms with Crippen molar-refractivity contribution in [1.82, 2.24) is 4.98 Å². The minimum atomic E-state index is 0.0897. The SMILES string of the molecule is CCCc1nc(COc2ccccc2)sc1C(C)=O. The molecule has 3 nitrogen and oxygen atoms in total. The number of hydrogen-bond acceptors (Lipinski definition) is 4. The van der Waals surface area contributed by atoms with Crippen molar-refractivity contribution in [2.45, 2.75) is 33.3 Å². The summed E-state index contributed by atoms with van der Waals surface area (Å²) in [6.07, 6.45) is 1.83. The van der Waals surface area contributed by atoms with E-state index in [9.17, 15) is 4.79 Å². The first-order chi connectivity index (χ1) is 9.20. The summed E-state index contributed by atoms with van der Waals surface area (Å²) in [5, 5.41) is 0.859. The second-order valence-electron chi connectivity index (χ2n) is 4.29. The largest absolute Gasteiger partial charge is 0.486 e. The first-order valence-corrected chi connectivity index (χ1v) is 7.19. The van der Waals surface area contributed by atoms with Crippen LogP contribution in [0.1, 0.15) is 40.6 Å². The molecule has 0 saturated carbocycles. The Morgan fingerprint density at radius 3 is 2.68 bits per heavy atom. The number of aromatic nitrogens is 1. The number of aryl methyl sites for hydroxylation is 1. The number of carbonyl (C=O) groups excluding carboxylic acids is 1. The summed E-state index contributed by atoms with van der Waals surface area (Å²) in [6.45, 7) is 4.09. The van der Waals surface area contributed by atoms with Crippen molar-refractivity contribution in [3.8, 4) is 5.75 Å². The van der Waals surface area contributed by atoms with Crippen LogP contribution in [0.3, 0.4) is 0 Å². The maximum Gasteiger partial charge on any atom is 0.171 e. The van der Waals surface area contributed by atoms with Crippen LogP contribution >= 0.6 is 11.3 Å². The molecule has 0 unspecified atom stereocenters. The van der Waals surface area contributed by atoms with Crippen molar-refractivity contribution >= 4 is 17.1 Å². The highest BCUT2D eigenvalue weighted by Gasteiger charge is 2.14. The monoisotopic (exact) mass is 275 g/mol. The topological polar surface area (TPSA) is 39.2 Å². The quantitative estimate of drug-likeness (QED) is 0.751. The lowest BCUT2D eigenvalue weighted by atomic mass is 10.2. The van der Waals surface area contributed by atoms with Crippen LogP contribution in [0.15, 0.2) is 30.3 Å². The van der Waals surface area contributed by atoms with E-state index in [4.69, 9.17) is 4.74 Å². The summed E-state index contributed by atoms with van der Waals surface area (Å²) in [5.74, 6) is 0.908. The van der Waals surface area contributed by atoms with E-state index >= 15 is 0 Å². The van der Waals surface area contributed by atoms with Crippen molar-refractivity contribution < 1.29 is 9.53 Å². The molecule has 100 valence electrons. The third kappa shape index (κ3) is 3.64. The number of rotatable bonds is 6. The van der Waals surface area contributed by atoms with Crippen molar-refractivity contribution in [2.24, 2.45) is 0 Å². The van der Waals surface area contributed by atoms with Crippen molar-refractivity contribution in [3.05, 3.63) is 45.9 Å². The van der Waals surface area contributed by atoms with Gasteiger partial charge in [0, 0.05) is 6.92 Å². The molecule has 0 saturated heterocycles. The zero-order valence-electron chi connectivity index (χ0n) is 11.2. The maximum absolute atomic E-state index is 11.6. The Balaban J connectivity index is 2.08. The Morgan fingerprint density at radius 2 is 2.05 bits per heavy atom. The van der Waals surface area contributed by atoms with Gasteiger partial charge in [-0.25, -0.2) is 4.98 Å². The van der Waals surface area contributed by atoms with Crippen LogP contribution < -0.4 is 4.74 Å². The number of nitrogens with zero attached hydrogens (tertiary/aromatic N) is 1. The molecule has 1 aromatic heterocycles. The number of ether oxygens (including phenoxy) is 1. The number of Topliss-reactive ketones (excluding diaryl/α,β-unsaturated/α-hetero) is 1. The van der Waals surface area contributed by atoms with Crippen LogP contribution in [0.4, 0.5) is 0 Å². The average molecular weight is 275 g/mol. The van der Waals surface area contributed by atoms with Gasteiger partial charge in [-0.15, -0.1) is 11.3 Å². The van der Waals surface area contributed by atoms with Gasteiger partial charge in [0.1, 0.15) is 17.4 Å². The van der Waals surface area contributed by atoms with Crippen molar-refractivity contribution in [2.75, 3.05) is 0 Å². The van der Waals surface area contributed by atoms with Crippen LogP contribution in [0, 0.1) is 0 Å². The van der Waals surface area contributed by atoms with Crippen molar-refractivity contribution in [1.29, 1.82) is 0 Å². The van der Waals surface area contributed by atoms with Gasteiger partial charge in [0.05, 0.1) is 10.6 Å². The van der Waals surface area contributed by atoms with Gasteiger partial charge in [-0.2, -0.15) is 0 Å². The molecule has 1 aromatic carbocycles. The molecule has 0 aliphatic carbocycles. The van der Waals surface area contributed by atoms with E-state index < -0.39 is 0 Å². The second-order valence-corrected chi connectivity index (χ2v) is 5.37. The molecule has 0 aliphatic heterocycles. The summed E-state index contributed by atoms with van der Waals surface area (Å²) in [6, 6.07) is 9.63. The molecular weight excluding hydrogens is 258 g/mol. The minimum Gasteiger partial charge on any atom is -0.486 e. The highest BCUT2D eigenvalue weighted by Crippen LogP contribution is 2.22. The zero-order chi connectivity index (χ0) is 13.7. The Labute approximate surface area is 117 Å². The Hall–Kier alpha value is -1.68. The van der Waals surface area contributed by atoms with Crippen molar-refractivity contribution in [3.63, 3.8) is 0 Å². The molecule has 1 heterocycles. The number of thiazole rings is 1.